The summed E-state index contributed by atoms with van der Waals surface area (Å²) in [5.74, 6) is -0.240. The second kappa shape index (κ2) is 6.88. The van der Waals surface area contributed by atoms with E-state index in [-0.39, 0.29) is 18.5 Å². The molecule has 2 heterocycles. The molecule has 0 N–H and O–H groups in total. The van der Waals surface area contributed by atoms with Gasteiger partial charge in [0, 0.05) is 32.7 Å². The summed E-state index contributed by atoms with van der Waals surface area (Å²) in [4.78, 5) is 28.5. The Morgan fingerprint density at radius 1 is 1.20 bits per heavy atom. The first-order valence-corrected chi connectivity index (χ1v) is 7.19. The second-order valence-electron chi connectivity index (χ2n) is 5.12. The lowest BCUT2D eigenvalue weighted by molar-refractivity contribution is -0.144. The number of hydrogen-bond donors (Lipinski definition) is 0. The zero-order chi connectivity index (χ0) is 14.5. The summed E-state index contributed by atoms with van der Waals surface area (Å²) in [6, 6.07) is -0.217. The van der Waals surface area contributed by atoms with Crippen LogP contribution in [0.15, 0.2) is 0 Å². The van der Waals surface area contributed by atoms with Crippen molar-refractivity contribution < 1.29 is 18.7 Å². The van der Waals surface area contributed by atoms with Crippen LogP contribution in [0, 0.1) is 0 Å². The minimum atomic E-state index is -1.14. The fourth-order valence-electron chi connectivity index (χ4n) is 2.61. The predicted octanol–water partition coefficient (Wildman–Crippen LogP) is 0.678. The Kier molecular flexibility index (Phi) is 5.17. The van der Waals surface area contributed by atoms with Crippen LogP contribution in [0.3, 0.4) is 0 Å². The summed E-state index contributed by atoms with van der Waals surface area (Å²) < 4.78 is 18.4. The monoisotopic (exact) mass is 287 g/mol. The number of hydrogen-bond acceptors (Lipinski definition) is 4. The van der Waals surface area contributed by atoms with E-state index in [1.54, 1.807) is 11.8 Å². The van der Waals surface area contributed by atoms with E-state index in [0.717, 1.165) is 6.42 Å². The van der Waals surface area contributed by atoms with Crippen LogP contribution in [0.5, 0.6) is 0 Å². The molecule has 0 spiro atoms. The van der Waals surface area contributed by atoms with Crippen LogP contribution >= 0.6 is 0 Å². The van der Waals surface area contributed by atoms with Gasteiger partial charge >= 0.3 is 12.0 Å². The lowest BCUT2D eigenvalue weighted by Gasteiger charge is -2.36. The van der Waals surface area contributed by atoms with Gasteiger partial charge in [0.05, 0.1) is 13.2 Å². The molecule has 7 heteroatoms. The SMILES string of the molecule is CCOC(=O)CN1CCN(C(=O)N2CCCC2F)CC1. The number of amides is 2. The van der Waals surface area contributed by atoms with Gasteiger partial charge in [0.2, 0.25) is 0 Å². The van der Waals surface area contributed by atoms with E-state index in [9.17, 15) is 14.0 Å². The first kappa shape index (κ1) is 15.0. The highest BCUT2D eigenvalue weighted by molar-refractivity contribution is 5.75. The molecular formula is C13H22FN3O3. The third-order valence-electron chi connectivity index (χ3n) is 3.73. The van der Waals surface area contributed by atoms with Crippen LogP contribution in [0.1, 0.15) is 19.8 Å². The van der Waals surface area contributed by atoms with Gasteiger partial charge in [-0.05, 0) is 19.8 Å². The predicted molar refractivity (Wildman–Crippen MR) is 70.9 cm³/mol. The molecule has 2 aliphatic heterocycles. The van der Waals surface area contributed by atoms with Gasteiger partial charge in [-0.2, -0.15) is 0 Å². The molecule has 20 heavy (non-hydrogen) atoms. The minimum Gasteiger partial charge on any atom is -0.465 e. The number of urea groups is 1. The van der Waals surface area contributed by atoms with Crippen LogP contribution in [-0.2, 0) is 9.53 Å². The van der Waals surface area contributed by atoms with Crippen molar-refractivity contribution in [1.82, 2.24) is 14.7 Å². The van der Waals surface area contributed by atoms with E-state index < -0.39 is 6.30 Å². The van der Waals surface area contributed by atoms with Crippen molar-refractivity contribution >= 4 is 12.0 Å². The summed E-state index contributed by atoms with van der Waals surface area (Å²) in [7, 11) is 0. The molecule has 2 amide bonds. The fourth-order valence-corrected chi connectivity index (χ4v) is 2.61. The van der Waals surface area contributed by atoms with Crippen LogP contribution in [-0.4, -0.2) is 78.9 Å². The van der Waals surface area contributed by atoms with Crippen LogP contribution in [0.2, 0.25) is 0 Å². The zero-order valence-corrected chi connectivity index (χ0v) is 11.9. The molecular weight excluding hydrogens is 265 g/mol. The quantitative estimate of drug-likeness (QED) is 0.566. The summed E-state index contributed by atoms with van der Waals surface area (Å²) in [5, 5.41) is 0. The second-order valence-corrected chi connectivity index (χ2v) is 5.12. The van der Waals surface area contributed by atoms with Crippen molar-refractivity contribution in [3.63, 3.8) is 0 Å². The molecule has 2 rings (SSSR count). The number of carbonyl (C=O) groups is 2. The van der Waals surface area contributed by atoms with Crippen LogP contribution in [0.4, 0.5) is 9.18 Å². The Morgan fingerprint density at radius 3 is 2.45 bits per heavy atom. The number of carbonyl (C=O) groups excluding carboxylic acids is 2. The maximum Gasteiger partial charge on any atom is 0.322 e. The Bertz CT molecular complexity index is 359. The van der Waals surface area contributed by atoms with Gasteiger partial charge in [-0.3, -0.25) is 14.6 Å². The minimum absolute atomic E-state index is 0.217. The zero-order valence-electron chi connectivity index (χ0n) is 11.9. The van der Waals surface area contributed by atoms with E-state index in [4.69, 9.17) is 4.74 Å². The summed E-state index contributed by atoms with van der Waals surface area (Å²) in [6.07, 6.45) is 0.0321. The third-order valence-corrected chi connectivity index (χ3v) is 3.73. The molecule has 0 aromatic heterocycles. The van der Waals surface area contributed by atoms with E-state index in [1.165, 1.54) is 4.90 Å². The van der Waals surface area contributed by atoms with Gasteiger partial charge in [0.25, 0.3) is 0 Å². The number of rotatable bonds is 3. The molecule has 0 aliphatic carbocycles. The number of alkyl halides is 1. The molecule has 0 aromatic rings. The highest BCUT2D eigenvalue weighted by Crippen LogP contribution is 2.20. The van der Waals surface area contributed by atoms with Gasteiger partial charge < -0.3 is 9.64 Å². The highest BCUT2D eigenvalue weighted by Gasteiger charge is 2.33. The number of likely N-dealkylation sites (tertiary alicyclic amines) is 1. The van der Waals surface area contributed by atoms with E-state index in [0.29, 0.717) is 45.8 Å². The normalized spacial score (nSPS) is 24.0. The number of nitrogens with zero attached hydrogens (tertiary/aromatic N) is 3. The standard InChI is InChI=1S/C13H22FN3O3/c1-2-20-12(18)10-15-6-8-16(9-7-15)13(19)17-5-3-4-11(17)14/h11H,2-10H2,1H3. The smallest absolute Gasteiger partial charge is 0.322 e. The summed E-state index contributed by atoms with van der Waals surface area (Å²) >= 11 is 0. The molecule has 1 unspecified atom stereocenters. The van der Waals surface area contributed by atoms with Crippen LogP contribution < -0.4 is 0 Å². The van der Waals surface area contributed by atoms with Crippen LogP contribution in [0.25, 0.3) is 0 Å². The lowest BCUT2D eigenvalue weighted by Crippen LogP contribution is -2.54. The molecule has 0 radical (unpaired) electrons. The third kappa shape index (κ3) is 3.59. The summed E-state index contributed by atoms with van der Waals surface area (Å²) in [6.45, 7) is 5.21. The lowest BCUT2D eigenvalue weighted by atomic mass is 10.3. The number of halogens is 1. The Labute approximate surface area is 118 Å². The van der Waals surface area contributed by atoms with Crippen molar-refractivity contribution in [3.8, 4) is 0 Å². The van der Waals surface area contributed by atoms with Crippen molar-refractivity contribution in [2.24, 2.45) is 0 Å². The Morgan fingerprint density at radius 2 is 1.90 bits per heavy atom. The fraction of sp³-hybridized carbons (Fsp3) is 0.846. The number of ether oxygens (including phenoxy) is 1. The van der Waals surface area contributed by atoms with Crippen molar-refractivity contribution in [3.05, 3.63) is 0 Å². The van der Waals surface area contributed by atoms with Gasteiger partial charge in [-0.25, -0.2) is 9.18 Å². The molecule has 2 fully saturated rings. The molecule has 1 atom stereocenters. The van der Waals surface area contributed by atoms with E-state index >= 15 is 0 Å². The number of piperazine rings is 1. The molecule has 6 nitrogen and oxygen atoms in total. The highest BCUT2D eigenvalue weighted by atomic mass is 19.1. The van der Waals surface area contributed by atoms with Gasteiger partial charge in [-0.15, -0.1) is 0 Å². The molecule has 0 saturated carbocycles. The molecule has 2 aliphatic rings. The van der Waals surface area contributed by atoms with Crippen molar-refractivity contribution in [2.75, 3.05) is 45.9 Å². The molecule has 0 bridgehead atoms. The molecule has 114 valence electrons. The van der Waals surface area contributed by atoms with Crippen molar-refractivity contribution in [2.45, 2.75) is 26.1 Å². The summed E-state index contributed by atoms with van der Waals surface area (Å²) in [5.41, 5.74) is 0. The first-order chi connectivity index (χ1) is 9.61. The largest absolute Gasteiger partial charge is 0.465 e. The van der Waals surface area contributed by atoms with E-state index in [2.05, 4.69) is 0 Å². The Hall–Kier alpha value is -1.37. The van der Waals surface area contributed by atoms with Crippen molar-refractivity contribution in [1.29, 1.82) is 0 Å². The van der Waals surface area contributed by atoms with Gasteiger partial charge in [0.1, 0.15) is 0 Å². The van der Waals surface area contributed by atoms with Gasteiger partial charge in [-0.1, -0.05) is 0 Å². The van der Waals surface area contributed by atoms with Gasteiger partial charge in [0.15, 0.2) is 6.30 Å². The average molecular weight is 287 g/mol. The number of esters is 1. The maximum absolute atomic E-state index is 13.5. The molecule has 2 saturated heterocycles. The topological polar surface area (TPSA) is 53.1 Å². The maximum atomic E-state index is 13.5. The molecule has 0 aromatic carbocycles. The average Bonchev–Trinajstić information content (AvgIpc) is 2.85. The first-order valence-electron chi connectivity index (χ1n) is 7.19. The van der Waals surface area contributed by atoms with E-state index in [1.807, 2.05) is 4.90 Å². The Balaban J connectivity index is 1.76.